The topological polar surface area (TPSA) is 60.8 Å². The van der Waals surface area contributed by atoms with Crippen molar-refractivity contribution in [3.05, 3.63) is 220 Å². The number of aromatic nitrogens is 4. The lowest BCUT2D eigenvalue weighted by molar-refractivity contribution is 0.395. The number of ether oxygens (including phenoxy) is 1. The Morgan fingerprint density at radius 2 is 0.814 bits per heavy atom. The van der Waals surface area contributed by atoms with Gasteiger partial charge in [-0.3, -0.25) is 15.0 Å². The second-order valence-corrected chi connectivity index (χ2v) is 19.4. The highest BCUT2D eigenvalue weighted by Gasteiger charge is 2.03. The van der Waals surface area contributed by atoms with Crippen LogP contribution in [0.15, 0.2) is 158 Å². The summed E-state index contributed by atoms with van der Waals surface area (Å²) in [6.07, 6.45) is 2.86. The molecule has 0 spiro atoms. The van der Waals surface area contributed by atoms with Gasteiger partial charge in [-0.15, -0.1) is 0 Å². The largest absolute Gasteiger partial charge is 0.481 e. The molecule has 0 bridgehead atoms. The minimum Gasteiger partial charge on any atom is -0.481 e. The van der Waals surface area contributed by atoms with Crippen LogP contribution >= 0.6 is 0 Å². The van der Waals surface area contributed by atoms with E-state index >= 15 is 0 Å². The highest BCUT2D eigenvalue weighted by molar-refractivity contribution is 5.24. The monoisotopic (exact) mass is 949 g/mol. The lowest BCUT2D eigenvalue weighted by atomic mass is 10.0. The molecule has 70 heavy (non-hydrogen) atoms. The Balaban J connectivity index is 0.000000409. The van der Waals surface area contributed by atoms with E-state index in [1.807, 2.05) is 73.8 Å². The average Bonchev–Trinajstić information content (AvgIpc) is 3.36. The molecule has 0 radical (unpaired) electrons. The van der Waals surface area contributed by atoms with Gasteiger partial charge in [0, 0.05) is 46.4 Å². The molecule has 7 rings (SSSR count). The Kier molecular flexibility index (Phi) is 31.1. The van der Waals surface area contributed by atoms with Crippen LogP contribution in [-0.2, 0) is 6.42 Å². The second kappa shape index (κ2) is 35.1. The number of halogens is 1. The van der Waals surface area contributed by atoms with E-state index in [4.69, 9.17) is 4.74 Å². The van der Waals surface area contributed by atoms with Crippen molar-refractivity contribution in [2.75, 3.05) is 7.11 Å². The van der Waals surface area contributed by atoms with Crippen molar-refractivity contribution in [1.82, 2.24) is 19.9 Å². The van der Waals surface area contributed by atoms with Gasteiger partial charge in [0.05, 0.1) is 7.11 Å². The number of hydrogen-bond acceptors (Lipinski definition) is 5. The van der Waals surface area contributed by atoms with E-state index in [-0.39, 0.29) is 5.82 Å². The molecule has 6 heteroatoms. The first-order chi connectivity index (χ1) is 33.2. The zero-order valence-electron chi connectivity index (χ0n) is 46.3. The average molecular weight is 949 g/mol. The molecule has 0 N–H and O–H groups in total. The van der Waals surface area contributed by atoms with Crippen LogP contribution in [0.3, 0.4) is 0 Å². The number of methoxy groups -OCH3 is 1. The molecule has 0 fully saturated rings. The van der Waals surface area contributed by atoms with Crippen molar-refractivity contribution in [3.8, 4) is 5.88 Å². The number of aryl methyl sites for hydroxylation is 3. The number of pyridine rings is 4. The van der Waals surface area contributed by atoms with Crippen LogP contribution < -0.4 is 4.74 Å². The minimum absolute atomic E-state index is 0.163. The van der Waals surface area contributed by atoms with Crippen LogP contribution in [0.25, 0.3) is 0 Å². The molecule has 0 saturated carbocycles. The molecular formula is C64H89FN4O. The van der Waals surface area contributed by atoms with Crippen LogP contribution in [-0.4, -0.2) is 27.0 Å². The smallest absolute Gasteiger partial charge is 0.213 e. The maximum atomic E-state index is 12.4. The van der Waals surface area contributed by atoms with Crippen LogP contribution in [0, 0.1) is 19.7 Å². The highest BCUT2D eigenvalue weighted by atomic mass is 19.1. The SMILES string of the molecule is CC(C)c1ccc(F)cc1.CC(C)c1ccccc1.CC(C)c1ccccn1.CCc1cccc(C(C)C)n1.COc1cccc(C(C)C)n1.Cc1ccc(C(C)C)cc1.Cc1cccc(C(C)C)n1. The van der Waals surface area contributed by atoms with Crippen LogP contribution in [0.2, 0.25) is 0 Å². The van der Waals surface area contributed by atoms with E-state index in [1.165, 1.54) is 51.5 Å². The number of hydrogen-bond donors (Lipinski definition) is 0. The molecule has 0 unspecified atom stereocenters. The van der Waals surface area contributed by atoms with Crippen molar-refractivity contribution in [2.45, 2.75) is 166 Å². The lowest BCUT2D eigenvalue weighted by Gasteiger charge is -2.04. The Hall–Kier alpha value is -6.01. The van der Waals surface area contributed by atoms with Gasteiger partial charge in [-0.1, -0.05) is 200 Å². The van der Waals surface area contributed by atoms with Crippen molar-refractivity contribution >= 4 is 0 Å². The van der Waals surface area contributed by atoms with Crippen LogP contribution in [0.5, 0.6) is 5.88 Å². The number of nitrogens with zero attached hydrogens (tertiary/aromatic N) is 4. The molecule has 4 aromatic heterocycles. The summed E-state index contributed by atoms with van der Waals surface area (Å²) in [5, 5.41) is 0. The van der Waals surface area contributed by atoms with E-state index in [1.54, 1.807) is 7.11 Å². The van der Waals surface area contributed by atoms with E-state index in [9.17, 15) is 4.39 Å². The van der Waals surface area contributed by atoms with Crippen molar-refractivity contribution in [3.63, 3.8) is 0 Å². The van der Waals surface area contributed by atoms with E-state index < -0.39 is 0 Å². The predicted molar refractivity (Wildman–Crippen MR) is 300 cm³/mol. The van der Waals surface area contributed by atoms with Gasteiger partial charge in [0.2, 0.25) is 5.88 Å². The Bertz CT molecular complexity index is 2210. The fourth-order valence-electron chi connectivity index (χ4n) is 6.12. The molecule has 378 valence electrons. The summed E-state index contributed by atoms with van der Waals surface area (Å²) >= 11 is 0. The van der Waals surface area contributed by atoms with Crippen molar-refractivity contribution in [1.29, 1.82) is 0 Å². The number of rotatable bonds is 9. The maximum absolute atomic E-state index is 12.4. The lowest BCUT2D eigenvalue weighted by Crippen LogP contribution is -1.95. The first-order valence-corrected chi connectivity index (χ1v) is 25.4. The third kappa shape index (κ3) is 27.2. The van der Waals surface area contributed by atoms with Gasteiger partial charge < -0.3 is 4.74 Å². The third-order valence-electron chi connectivity index (χ3n) is 10.9. The molecule has 7 aromatic rings. The summed E-state index contributed by atoms with van der Waals surface area (Å²) in [6, 6.07) is 50.1. The van der Waals surface area contributed by atoms with Crippen molar-refractivity contribution in [2.24, 2.45) is 0 Å². The molecule has 0 aliphatic heterocycles. The van der Waals surface area contributed by atoms with Gasteiger partial charge in [-0.05, 0) is 133 Å². The summed E-state index contributed by atoms with van der Waals surface area (Å²) in [5.41, 5.74) is 12.3. The fraction of sp³-hybridized carbons (Fsp3) is 0.406. The van der Waals surface area contributed by atoms with Gasteiger partial charge in [-0.25, -0.2) is 9.37 Å². The molecule has 0 aliphatic carbocycles. The zero-order chi connectivity index (χ0) is 52.6. The Labute approximate surface area is 425 Å². The summed E-state index contributed by atoms with van der Waals surface area (Å²) in [4.78, 5) is 17.3. The Morgan fingerprint density at radius 1 is 0.400 bits per heavy atom. The summed E-state index contributed by atoms with van der Waals surface area (Å²) in [7, 11) is 1.63. The number of benzene rings is 3. The normalized spacial score (nSPS) is 10.3. The van der Waals surface area contributed by atoms with E-state index in [0.29, 0.717) is 47.3 Å². The van der Waals surface area contributed by atoms with Gasteiger partial charge in [0.1, 0.15) is 5.82 Å². The van der Waals surface area contributed by atoms with Gasteiger partial charge >= 0.3 is 0 Å². The van der Waals surface area contributed by atoms with E-state index in [2.05, 4.69) is 210 Å². The van der Waals surface area contributed by atoms with Crippen LogP contribution in [0.4, 0.5) is 4.39 Å². The fourth-order valence-corrected chi connectivity index (χ4v) is 6.12. The molecule has 0 amide bonds. The van der Waals surface area contributed by atoms with E-state index in [0.717, 1.165) is 23.5 Å². The molecule has 4 heterocycles. The second-order valence-electron chi connectivity index (χ2n) is 19.4. The molecule has 0 saturated heterocycles. The predicted octanol–water partition coefficient (Wildman–Crippen LogP) is 18.6. The van der Waals surface area contributed by atoms with Crippen LogP contribution in [0.1, 0.15) is 202 Å². The minimum atomic E-state index is -0.163. The molecule has 3 aromatic carbocycles. The van der Waals surface area contributed by atoms with Gasteiger partial charge in [0.25, 0.3) is 0 Å². The summed E-state index contributed by atoms with van der Waals surface area (Å²) < 4.78 is 17.3. The first kappa shape index (κ1) is 62.0. The molecule has 5 nitrogen and oxygen atoms in total. The molecular weight excluding hydrogens is 860 g/mol. The van der Waals surface area contributed by atoms with Crippen molar-refractivity contribution < 1.29 is 9.13 Å². The summed E-state index contributed by atoms with van der Waals surface area (Å²) in [6.45, 7) is 36.4. The maximum Gasteiger partial charge on any atom is 0.213 e. The zero-order valence-corrected chi connectivity index (χ0v) is 46.3. The highest BCUT2D eigenvalue weighted by Crippen LogP contribution is 2.17. The standard InChI is InChI=1S/C10H15N.C10H14.C9H11F.C9H13NO.C9H13N.C9H12.C8H11N/c1-4-9-6-5-7-10(11-9)8(2)3;1-8(2)10-6-4-9(3)5-7-10;1-7(2)8-3-5-9(10)6-4-8;1-7(2)8-5-4-6-9(10-8)11-3;1-7(2)9-6-4-5-8(3)10-9;1-8(2)9-6-4-3-5-7-9;1-7(2)8-5-3-4-6-9-8/h5-8H,4H2,1-3H3;4-8H,1-3H3;3-7H,1-2H3;4-7H,1-3H3;4-7H,1-3H3;3-8H,1-2H3;3-7H,1-2H3. The quantitative estimate of drug-likeness (QED) is 0.144. The summed E-state index contributed by atoms with van der Waals surface area (Å²) in [5.74, 6) is 4.42. The Morgan fingerprint density at radius 3 is 1.20 bits per heavy atom. The van der Waals surface area contributed by atoms with Gasteiger partial charge in [0.15, 0.2) is 0 Å². The van der Waals surface area contributed by atoms with Gasteiger partial charge in [-0.2, -0.15) is 0 Å². The molecule has 0 atom stereocenters. The first-order valence-electron chi connectivity index (χ1n) is 25.4. The third-order valence-corrected chi connectivity index (χ3v) is 10.9. The molecule has 0 aliphatic rings.